The zero-order valence-electron chi connectivity index (χ0n) is 14.8. The van der Waals surface area contributed by atoms with E-state index in [0.717, 1.165) is 22.7 Å². The van der Waals surface area contributed by atoms with Crippen molar-refractivity contribution in [2.45, 2.75) is 27.7 Å². The Kier molecular flexibility index (Phi) is 6.77. The summed E-state index contributed by atoms with van der Waals surface area (Å²) < 4.78 is 0. The highest BCUT2D eigenvalue weighted by Gasteiger charge is 2.07. The van der Waals surface area contributed by atoms with Gasteiger partial charge in [-0.15, -0.1) is 0 Å². The van der Waals surface area contributed by atoms with E-state index < -0.39 is 0 Å². The third-order valence-corrected chi connectivity index (χ3v) is 3.38. The summed E-state index contributed by atoms with van der Waals surface area (Å²) in [5.74, 6) is 0. The highest BCUT2D eigenvalue weighted by Crippen LogP contribution is 2.25. The van der Waals surface area contributed by atoms with Crippen LogP contribution in [0.15, 0.2) is 52.0 Å². The van der Waals surface area contributed by atoms with E-state index in [-0.39, 0.29) is 0 Å². The summed E-state index contributed by atoms with van der Waals surface area (Å²) in [4.78, 5) is 11.0. The second kappa shape index (κ2) is 8.32. The standard InChI is InChI=1S/C17H21N3.C2H6/c1-12-10-14(18-3)6-8-16(12)19-17-9-7-15(20(4)5)11-13(17)2;1-2/h6-11H,1-5H3;1-2H3. The van der Waals surface area contributed by atoms with Crippen LogP contribution in [0.4, 0.5) is 11.4 Å². The molecule has 0 N–H and O–H groups in total. The van der Waals surface area contributed by atoms with Crippen LogP contribution < -0.4 is 4.90 Å². The molecule has 0 fully saturated rings. The fourth-order valence-corrected chi connectivity index (χ4v) is 2.08. The molecule has 1 aromatic carbocycles. The van der Waals surface area contributed by atoms with Crippen LogP contribution in [0.3, 0.4) is 0 Å². The Morgan fingerprint density at radius 3 is 2.18 bits per heavy atom. The Labute approximate surface area is 134 Å². The molecule has 0 aromatic heterocycles. The molecule has 1 aliphatic rings. The van der Waals surface area contributed by atoms with Crippen molar-refractivity contribution in [1.29, 1.82) is 0 Å². The summed E-state index contributed by atoms with van der Waals surface area (Å²) in [6.07, 6.45) is 6.08. The minimum Gasteiger partial charge on any atom is -0.378 e. The molecular weight excluding hydrogens is 270 g/mol. The molecule has 0 aliphatic heterocycles. The quantitative estimate of drug-likeness (QED) is 0.724. The van der Waals surface area contributed by atoms with E-state index in [9.17, 15) is 0 Å². The van der Waals surface area contributed by atoms with Crippen molar-refractivity contribution in [2.75, 3.05) is 26.0 Å². The molecule has 2 rings (SSSR count). The molecule has 0 amide bonds. The molecule has 3 nitrogen and oxygen atoms in total. The predicted octanol–water partition coefficient (Wildman–Crippen LogP) is 4.75. The molecule has 0 atom stereocenters. The lowest BCUT2D eigenvalue weighted by Crippen LogP contribution is -2.08. The summed E-state index contributed by atoms with van der Waals surface area (Å²) in [5, 5.41) is 0. The molecule has 0 radical (unpaired) electrons. The first-order valence-electron chi connectivity index (χ1n) is 7.71. The number of allylic oxidation sites excluding steroid dienone is 4. The lowest BCUT2D eigenvalue weighted by Gasteiger charge is -2.14. The van der Waals surface area contributed by atoms with E-state index in [1.807, 2.05) is 40.1 Å². The van der Waals surface area contributed by atoms with Gasteiger partial charge in [-0.1, -0.05) is 13.8 Å². The second-order valence-electron chi connectivity index (χ2n) is 5.17. The van der Waals surface area contributed by atoms with Crippen LogP contribution in [-0.2, 0) is 0 Å². The fraction of sp³-hybridized carbons (Fsp3) is 0.368. The summed E-state index contributed by atoms with van der Waals surface area (Å²) in [6.45, 7) is 8.16. The molecule has 118 valence electrons. The van der Waals surface area contributed by atoms with Gasteiger partial charge in [0, 0.05) is 26.8 Å². The van der Waals surface area contributed by atoms with Crippen molar-refractivity contribution >= 4 is 22.8 Å². The summed E-state index contributed by atoms with van der Waals surface area (Å²) in [7, 11) is 5.89. The largest absolute Gasteiger partial charge is 0.378 e. The van der Waals surface area contributed by atoms with Crippen LogP contribution in [0.5, 0.6) is 0 Å². The molecule has 1 aliphatic carbocycles. The number of hydrogen-bond acceptors (Lipinski definition) is 3. The van der Waals surface area contributed by atoms with Crippen LogP contribution in [0.2, 0.25) is 0 Å². The van der Waals surface area contributed by atoms with E-state index in [2.05, 4.69) is 48.0 Å². The van der Waals surface area contributed by atoms with Crippen molar-refractivity contribution in [2.24, 2.45) is 9.98 Å². The van der Waals surface area contributed by atoms with Crippen LogP contribution in [-0.4, -0.2) is 32.6 Å². The molecule has 0 unspecified atom stereocenters. The van der Waals surface area contributed by atoms with Crippen LogP contribution in [0.25, 0.3) is 0 Å². The van der Waals surface area contributed by atoms with Crippen molar-refractivity contribution in [3.8, 4) is 0 Å². The molecule has 3 heteroatoms. The number of aliphatic imine (C=N–C) groups is 2. The molecule has 0 saturated heterocycles. The van der Waals surface area contributed by atoms with Gasteiger partial charge in [0.2, 0.25) is 0 Å². The third-order valence-electron chi connectivity index (χ3n) is 3.38. The average Bonchev–Trinajstić information content (AvgIpc) is 2.52. The minimum atomic E-state index is 0.987. The Morgan fingerprint density at radius 2 is 1.68 bits per heavy atom. The van der Waals surface area contributed by atoms with E-state index >= 15 is 0 Å². The Morgan fingerprint density at radius 1 is 1.00 bits per heavy atom. The van der Waals surface area contributed by atoms with Gasteiger partial charge >= 0.3 is 0 Å². The number of nitrogens with zero attached hydrogens (tertiary/aromatic N) is 3. The van der Waals surface area contributed by atoms with Gasteiger partial charge in [0.15, 0.2) is 0 Å². The van der Waals surface area contributed by atoms with Gasteiger partial charge in [0.05, 0.1) is 17.1 Å². The van der Waals surface area contributed by atoms with Gasteiger partial charge in [-0.3, -0.25) is 4.99 Å². The monoisotopic (exact) mass is 297 g/mol. The molecule has 1 aromatic rings. The molecular formula is C19H27N3. The van der Waals surface area contributed by atoms with Crippen molar-refractivity contribution in [3.63, 3.8) is 0 Å². The maximum atomic E-state index is 4.76. The van der Waals surface area contributed by atoms with Gasteiger partial charge in [-0.2, -0.15) is 0 Å². The molecule has 0 spiro atoms. The summed E-state index contributed by atoms with van der Waals surface area (Å²) >= 11 is 0. The topological polar surface area (TPSA) is 28.0 Å². The highest BCUT2D eigenvalue weighted by molar-refractivity contribution is 6.21. The van der Waals surface area contributed by atoms with Crippen molar-refractivity contribution in [1.82, 2.24) is 0 Å². The predicted molar refractivity (Wildman–Crippen MR) is 100 cm³/mol. The first kappa shape index (κ1) is 17.9. The molecule has 0 heterocycles. The normalized spacial score (nSPS) is 17.1. The molecule has 0 saturated carbocycles. The van der Waals surface area contributed by atoms with Crippen molar-refractivity contribution in [3.05, 3.63) is 47.6 Å². The van der Waals surface area contributed by atoms with Gasteiger partial charge in [0.25, 0.3) is 0 Å². The third kappa shape index (κ3) is 4.42. The first-order valence-corrected chi connectivity index (χ1v) is 7.71. The number of rotatable bonds is 2. The van der Waals surface area contributed by atoms with Crippen molar-refractivity contribution < 1.29 is 0 Å². The fourth-order valence-electron chi connectivity index (χ4n) is 2.08. The average molecular weight is 297 g/mol. The van der Waals surface area contributed by atoms with Gasteiger partial charge < -0.3 is 4.90 Å². The smallest absolute Gasteiger partial charge is 0.0667 e. The minimum absolute atomic E-state index is 0.987. The highest BCUT2D eigenvalue weighted by atomic mass is 15.1. The second-order valence-corrected chi connectivity index (χ2v) is 5.17. The SMILES string of the molecule is CC.CN=C1C=CC(=Nc2ccc(N(C)C)cc2C)C(C)=C1. The van der Waals surface area contributed by atoms with Gasteiger partial charge in [-0.25, -0.2) is 4.99 Å². The van der Waals surface area contributed by atoms with E-state index in [0.29, 0.717) is 0 Å². The maximum absolute atomic E-state index is 4.76. The summed E-state index contributed by atoms with van der Waals surface area (Å²) in [6, 6.07) is 6.32. The summed E-state index contributed by atoms with van der Waals surface area (Å²) in [5.41, 5.74) is 6.52. The maximum Gasteiger partial charge on any atom is 0.0667 e. The zero-order valence-corrected chi connectivity index (χ0v) is 14.8. The lowest BCUT2D eigenvalue weighted by molar-refractivity contribution is 1.13. The number of benzene rings is 1. The van der Waals surface area contributed by atoms with E-state index in [1.165, 1.54) is 11.3 Å². The number of anilines is 1. The Balaban J connectivity index is 0.00000116. The van der Waals surface area contributed by atoms with Crippen LogP contribution in [0.1, 0.15) is 26.3 Å². The Bertz CT molecular complexity index is 632. The molecule has 22 heavy (non-hydrogen) atoms. The zero-order chi connectivity index (χ0) is 16.7. The van der Waals surface area contributed by atoms with E-state index in [4.69, 9.17) is 4.99 Å². The number of aryl methyl sites for hydroxylation is 1. The van der Waals surface area contributed by atoms with Crippen LogP contribution in [0, 0.1) is 6.92 Å². The van der Waals surface area contributed by atoms with Crippen LogP contribution >= 0.6 is 0 Å². The Hall–Kier alpha value is -2.16. The molecule has 0 bridgehead atoms. The van der Waals surface area contributed by atoms with Gasteiger partial charge in [0.1, 0.15) is 0 Å². The lowest BCUT2D eigenvalue weighted by atomic mass is 10.0. The number of hydrogen-bond donors (Lipinski definition) is 0. The first-order chi connectivity index (χ1) is 10.5. The van der Waals surface area contributed by atoms with Gasteiger partial charge in [-0.05, 0) is 61.4 Å². The van der Waals surface area contributed by atoms with E-state index in [1.54, 1.807) is 7.05 Å².